The Kier molecular flexibility index (Phi) is 4.84. The third-order valence-corrected chi connectivity index (χ3v) is 1.75. The molecule has 0 fully saturated rings. The van der Waals surface area contributed by atoms with Crippen molar-refractivity contribution in [1.82, 2.24) is 0 Å². The van der Waals surface area contributed by atoms with Crippen molar-refractivity contribution in [1.29, 1.82) is 0 Å². The van der Waals surface area contributed by atoms with E-state index in [9.17, 15) is 10.2 Å². The van der Waals surface area contributed by atoms with E-state index < -0.39 is 0 Å². The highest BCUT2D eigenvalue weighted by Gasteiger charge is 2.14. The van der Waals surface area contributed by atoms with Crippen LogP contribution >= 0.6 is 0 Å². The Morgan fingerprint density at radius 2 is 1.36 bits per heavy atom. The van der Waals surface area contributed by atoms with E-state index >= 15 is 0 Å². The number of phenols is 3. The second-order valence-electron chi connectivity index (χ2n) is 3.02. The van der Waals surface area contributed by atoms with Crippen LogP contribution in [0, 0.1) is 0 Å². The van der Waals surface area contributed by atoms with Gasteiger partial charge >= 0.3 is 0 Å². The molecule has 3 heteroatoms. The first kappa shape index (κ1) is 12.6. The Morgan fingerprint density at radius 3 is 1.71 bits per heavy atom. The molecule has 14 heavy (non-hydrogen) atoms. The maximum absolute atomic E-state index is 9.34. The fourth-order valence-electron chi connectivity index (χ4n) is 1.16. The molecule has 0 aliphatic heterocycles. The molecule has 0 saturated carbocycles. The molecule has 0 atom stereocenters. The molecule has 0 aromatic heterocycles. The summed E-state index contributed by atoms with van der Waals surface area (Å²) < 4.78 is 0. The summed E-state index contributed by atoms with van der Waals surface area (Å²) in [5.74, 6) is -0.432. The molecule has 80 valence electrons. The first-order chi connectivity index (χ1) is 6.54. The van der Waals surface area contributed by atoms with Gasteiger partial charge in [0.25, 0.3) is 0 Å². The molecule has 0 amide bonds. The van der Waals surface area contributed by atoms with Gasteiger partial charge in [-0.1, -0.05) is 27.7 Å². The summed E-state index contributed by atoms with van der Waals surface area (Å²) in [5.41, 5.74) is 0.384. The molecular formula is C11H18O3. The second kappa shape index (κ2) is 5.37. The van der Waals surface area contributed by atoms with Crippen LogP contribution in [0.1, 0.15) is 39.2 Å². The van der Waals surface area contributed by atoms with Gasteiger partial charge in [-0.05, 0) is 18.1 Å². The van der Waals surface area contributed by atoms with Gasteiger partial charge in [0.1, 0.15) is 5.75 Å². The van der Waals surface area contributed by atoms with Gasteiger partial charge in [-0.25, -0.2) is 0 Å². The van der Waals surface area contributed by atoms with E-state index in [4.69, 9.17) is 5.11 Å². The van der Waals surface area contributed by atoms with Gasteiger partial charge in [0, 0.05) is 5.56 Å². The summed E-state index contributed by atoms with van der Waals surface area (Å²) in [6.07, 6.45) is 0. The van der Waals surface area contributed by atoms with Crippen molar-refractivity contribution < 1.29 is 15.3 Å². The Hall–Kier alpha value is -1.38. The van der Waals surface area contributed by atoms with Crippen LogP contribution in [0.5, 0.6) is 17.2 Å². The number of aromatic hydroxyl groups is 3. The summed E-state index contributed by atoms with van der Waals surface area (Å²) in [5, 5.41) is 27.8. The van der Waals surface area contributed by atoms with Gasteiger partial charge < -0.3 is 15.3 Å². The lowest BCUT2D eigenvalue weighted by molar-refractivity contribution is 0.386. The molecule has 0 aliphatic rings. The van der Waals surface area contributed by atoms with Gasteiger partial charge in [0.15, 0.2) is 11.5 Å². The summed E-state index contributed by atoms with van der Waals surface area (Å²) in [4.78, 5) is 0. The third kappa shape index (κ3) is 2.55. The maximum Gasteiger partial charge on any atom is 0.164 e. The van der Waals surface area contributed by atoms with Crippen LogP contribution in [-0.4, -0.2) is 15.3 Å². The lowest BCUT2D eigenvalue weighted by Gasteiger charge is -2.10. The van der Waals surface area contributed by atoms with Crippen LogP contribution in [0.4, 0.5) is 0 Å². The molecule has 0 aliphatic carbocycles. The van der Waals surface area contributed by atoms with Crippen molar-refractivity contribution in [2.75, 3.05) is 0 Å². The predicted molar refractivity (Wildman–Crippen MR) is 56.9 cm³/mol. The van der Waals surface area contributed by atoms with E-state index in [0.29, 0.717) is 5.56 Å². The van der Waals surface area contributed by atoms with E-state index in [2.05, 4.69) is 0 Å². The second-order valence-corrected chi connectivity index (χ2v) is 3.02. The maximum atomic E-state index is 9.34. The summed E-state index contributed by atoms with van der Waals surface area (Å²) in [7, 11) is 0. The molecule has 0 spiro atoms. The van der Waals surface area contributed by atoms with E-state index in [-0.39, 0.29) is 23.2 Å². The molecule has 0 unspecified atom stereocenters. The van der Waals surface area contributed by atoms with Crippen molar-refractivity contribution in [3.8, 4) is 17.2 Å². The lowest BCUT2D eigenvalue weighted by Crippen LogP contribution is -1.89. The average molecular weight is 198 g/mol. The van der Waals surface area contributed by atoms with E-state index in [1.807, 2.05) is 27.7 Å². The highest BCUT2D eigenvalue weighted by molar-refractivity contribution is 5.52. The first-order valence-electron chi connectivity index (χ1n) is 4.77. The van der Waals surface area contributed by atoms with Crippen molar-refractivity contribution in [3.05, 3.63) is 17.7 Å². The summed E-state index contributed by atoms with van der Waals surface area (Å²) in [6, 6.07) is 2.63. The van der Waals surface area contributed by atoms with Crippen molar-refractivity contribution in [2.24, 2.45) is 0 Å². The predicted octanol–water partition coefficient (Wildman–Crippen LogP) is 2.95. The normalized spacial score (nSPS) is 9.50. The molecule has 1 aromatic carbocycles. The highest BCUT2D eigenvalue weighted by atomic mass is 16.3. The number of hydrogen-bond acceptors (Lipinski definition) is 3. The molecule has 3 N–H and O–H groups in total. The molecular weight excluding hydrogens is 180 g/mol. The molecule has 0 heterocycles. The Labute approximate surface area is 84.6 Å². The molecule has 0 radical (unpaired) electrons. The Balaban J connectivity index is 0.000000791. The number of rotatable bonds is 1. The molecule has 0 bridgehead atoms. The van der Waals surface area contributed by atoms with Gasteiger partial charge in [-0.2, -0.15) is 0 Å². The van der Waals surface area contributed by atoms with Crippen LogP contribution in [0.2, 0.25) is 0 Å². The fourth-order valence-corrected chi connectivity index (χ4v) is 1.16. The van der Waals surface area contributed by atoms with Gasteiger partial charge in [-0.3, -0.25) is 0 Å². The van der Waals surface area contributed by atoms with Crippen molar-refractivity contribution in [2.45, 2.75) is 33.6 Å². The Bertz CT molecular complexity index is 293. The monoisotopic (exact) mass is 198 g/mol. The topological polar surface area (TPSA) is 60.7 Å². The minimum atomic E-state index is -0.231. The first-order valence-corrected chi connectivity index (χ1v) is 4.77. The zero-order chi connectivity index (χ0) is 11.3. The number of benzene rings is 1. The summed E-state index contributed by atoms with van der Waals surface area (Å²) >= 11 is 0. The zero-order valence-electron chi connectivity index (χ0n) is 9.07. The van der Waals surface area contributed by atoms with E-state index in [1.54, 1.807) is 0 Å². The summed E-state index contributed by atoms with van der Waals surface area (Å²) in [6.45, 7) is 7.66. The van der Waals surface area contributed by atoms with Crippen LogP contribution < -0.4 is 0 Å². The zero-order valence-corrected chi connectivity index (χ0v) is 9.07. The van der Waals surface area contributed by atoms with E-state index in [1.165, 1.54) is 12.1 Å². The highest BCUT2D eigenvalue weighted by Crippen LogP contribution is 2.39. The van der Waals surface area contributed by atoms with Crippen LogP contribution in [0.15, 0.2) is 12.1 Å². The minimum Gasteiger partial charge on any atom is -0.508 e. The lowest BCUT2D eigenvalue weighted by atomic mass is 10.0. The Morgan fingerprint density at radius 1 is 0.929 bits per heavy atom. The molecule has 1 aromatic rings. The number of hydrogen-bond donors (Lipinski definition) is 3. The van der Waals surface area contributed by atoms with Crippen LogP contribution in [-0.2, 0) is 0 Å². The number of phenolic OH excluding ortho intramolecular Hbond substituents is 3. The molecule has 3 nitrogen and oxygen atoms in total. The van der Waals surface area contributed by atoms with Gasteiger partial charge in [0.2, 0.25) is 0 Å². The molecule has 0 saturated heterocycles. The minimum absolute atomic E-state index is 0.0142. The quantitative estimate of drug-likeness (QED) is 0.480. The van der Waals surface area contributed by atoms with Gasteiger partial charge in [0.05, 0.1) is 0 Å². The SMILES string of the molecule is CC.CC(C)c1c(O)ccc(O)c1O. The van der Waals surface area contributed by atoms with E-state index in [0.717, 1.165) is 0 Å². The van der Waals surface area contributed by atoms with Crippen LogP contribution in [0.25, 0.3) is 0 Å². The standard InChI is InChI=1S/C9H12O3.C2H6/c1-5(2)8-6(10)3-4-7(11)9(8)12;1-2/h3-5,10-12H,1-2H3;1-2H3. The van der Waals surface area contributed by atoms with Crippen molar-refractivity contribution >= 4 is 0 Å². The smallest absolute Gasteiger partial charge is 0.164 e. The largest absolute Gasteiger partial charge is 0.508 e. The van der Waals surface area contributed by atoms with Crippen LogP contribution in [0.3, 0.4) is 0 Å². The molecule has 1 rings (SSSR count). The third-order valence-electron chi connectivity index (χ3n) is 1.75. The average Bonchev–Trinajstić information content (AvgIpc) is 2.15. The fraction of sp³-hybridized carbons (Fsp3) is 0.455. The van der Waals surface area contributed by atoms with Crippen molar-refractivity contribution in [3.63, 3.8) is 0 Å². The van der Waals surface area contributed by atoms with Gasteiger partial charge in [-0.15, -0.1) is 0 Å².